The molecule has 1 unspecified atom stereocenters. The second kappa shape index (κ2) is 4.92. The summed E-state index contributed by atoms with van der Waals surface area (Å²) in [6.45, 7) is 4.72. The average Bonchev–Trinajstić information content (AvgIpc) is 2.72. The van der Waals surface area contributed by atoms with E-state index in [1.54, 1.807) is 7.11 Å². The van der Waals surface area contributed by atoms with Crippen LogP contribution in [0.3, 0.4) is 0 Å². The number of imidazole rings is 1. The van der Waals surface area contributed by atoms with Crippen molar-refractivity contribution in [2.24, 2.45) is 5.41 Å². The van der Waals surface area contributed by atoms with Crippen LogP contribution in [0.25, 0.3) is 11.0 Å². The van der Waals surface area contributed by atoms with Crippen molar-refractivity contribution >= 4 is 23.3 Å². The van der Waals surface area contributed by atoms with Crippen molar-refractivity contribution in [3.63, 3.8) is 0 Å². The Bertz CT molecular complexity index is 683. The molecule has 1 aliphatic carbocycles. The van der Waals surface area contributed by atoms with Crippen molar-refractivity contribution in [2.75, 3.05) is 7.11 Å². The van der Waals surface area contributed by atoms with Crippen molar-refractivity contribution in [3.05, 3.63) is 23.0 Å². The largest absolute Gasteiger partial charge is 0.497 e. The van der Waals surface area contributed by atoms with Gasteiger partial charge in [0.2, 0.25) is 0 Å². The number of aromatic nitrogens is 2. The van der Waals surface area contributed by atoms with Crippen LogP contribution < -0.4 is 4.74 Å². The lowest BCUT2D eigenvalue weighted by molar-refractivity contribution is 0.185. The Labute approximate surface area is 125 Å². The molecule has 0 saturated heterocycles. The number of aromatic amines is 1. The van der Waals surface area contributed by atoms with Crippen molar-refractivity contribution in [1.82, 2.24) is 9.55 Å². The highest BCUT2D eigenvalue weighted by Crippen LogP contribution is 2.42. The van der Waals surface area contributed by atoms with E-state index < -0.39 is 0 Å². The number of nitrogens with zero attached hydrogens (tertiary/aromatic N) is 1. The monoisotopic (exact) mass is 290 g/mol. The Balaban J connectivity index is 2.07. The second-order valence-corrected chi connectivity index (χ2v) is 6.98. The smallest absolute Gasteiger partial charge is 0.178 e. The van der Waals surface area contributed by atoms with E-state index in [1.165, 1.54) is 31.2 Å². The minimum Gasteiger partial charge on any atom is -0.497 e. The van der Waals surface area contributed by atoms with Gasteiger partial charge in [0, 0.05) is 12.1 Å². The zero-order chi connectivity index (χ0) is 14.3. The lowest BCUT2D eigenvalue weighted by Gasteiger charge is -2.36. The quantitative estimate of drug-likeness (QED) is 0.801. The maximum absolute atomic E-state index is 5.55. The minimum absolute atomic E-state index is 0.410. The minimum atomic E-state index is 0.410. The Morgan fingerprint density at radius 2 is 2.20 bits per heavy atom. The average molecular weight is 290 g/mol. The maximum atomic E-state index is 5.55. The summed E-state index contributed by atoms with van der Waals surface area (Å²) in [5.74, 6) is 0.866. The highest BCUT2D eigenvalue weighted by Gasteiger charge is 2.30. The van der Waals surface area contributed by atoms with Crippen molar-refractivity contribution in [2.45, 2.75) is 45.6 Å². The predicted octanol–water partition coefficient (Wildman–Crippen LogP) is 4.85. The van der Waals surface area contributed by atoms with Crippen molar-refractivity contribution in [1.29, 1.82) is 0 Å². The number of ether oxygens (including phenoxy) is 1. The first kappa shape index (κ1) is 13.7. The van der Waals surface area contributed by atoms with Gasteiger partial charge in [-0.15, -0.1) is 0 Å². The van der Waals surface area contributed by atoms with Crippen LogP contribution in [0.15, 0.2) is 18.2 Å². The predicted molar refractivity (Wildman–Crippen MR) is 85.0 cm³/mol. The Hall–Kier alpha value is -1.29. The fourth-order valence-electron chi connectivity index (χ4n) is 3.48. The van der Waals surface area contributed by atoms with Crippen molar-refractivity contribution < 1.29 is 4.74 Å². The van der Waals surface area contributed by atoms with E-state index in [2.05, 4.69) is 29.5 Å². The van der Waals surface area contributed by atoms with E-state index in [9.17, 15) is 0 Å². The molecule has 3 rings (SSSR count). The van der Waals surface area contributed by atoms with Gasteiger partial charge in [0.1, 0.15) is 5.75 Å². The van der Waals surface area contributed by atoms with Crippen LogP contribution in [0.1, 0.15) is 45.6 Å². The van der Waals surface area contributed by atoms with Gasteiger partial charge in [-0.25, -0.2) is 0 Å². The molecule has 0 radical (unpaired) electrons. The van der Waals surface area contributed by atoms with E-state index >= 15 is 0 Å². The molecule has 2 aromatic rings. The molecule has 20 heavy (non-hydrogen) atoms. The Kier molecular flexibility index (Phi) is 3.36. The van der Waals surface area contributed by atoms with E-state index in [-0.39, 0.29) is 0 Å². The molecule has 1 aromatic carbocycles. The summed E-state index contributed by atoms with van der Waals surface area (Å²) < 4.78 is 8.43. The standard InChI is InChI=1S/C16H22N2OS/c1-16(2)8-4-5-11(10-16)18-14-7-6-12(19-3)9-13(14)17-15(18)20/h6-7,9,11H,4-5,8,10H2,1-3H3,(H,17,20). The number of benzene rings is 1. The van der Waals surface area contributed by atoms with Crippen LogP contribution in [0.5, 0.6) is 5.75 Å². The molecule has 1 atom stereocenters. The van der Waals surface area contributed by atoms with Crippen molar-refractivity contribution in [3.8, 4) is 5.75 Å². The third-order valence-corrected chi connectivity index (χ3v) is 4.77. The molecule has 0 aliphatic heterocycles. The van der Waals surface area contributed by atoms with Gasteiger partial charge in [-0.2, -0.15) is 0 Å². The molecule has 0 amide bonds. The molecular weight excluding hydrogens is 268 g/mol. The zero-order valence-electron chi connectivity index (χ0n) is 12.4. The lowest BCUT2D eigenvalue weighted by atomic mass is 9.75. The summed E-state index contributed by atoms with van der Waals surface area (Å²) in [4.78, 5) is 3.32. The van der Waals surface area contributed by atoms with Crippen LogP contribution in [0.2, 0.25) is 0 Å². The first-order valence-corrected chi connectivity index (χ1v) is 7.69. The van der Waals surface area contributed by atoms with Gasteiger partial charge in [0.05, 0.1) is 18.1 Å². The molecule has 1 fully saturated rings. The molecule has 4 heteroatoms. The van der Waals surface area contributed by atoms with Gasteiger partial charge < -0.3 is 14.3 Å². The molecule has 108 valence electrons. The highest BCUT2D eigenvalue weighted by atomic mass is 32.1. The Morgan fingerprint density at radius 1 is 1.40 bits per heavy atom. The van der Waals surface area contributed by atoms with E-state index in [0.717, 1.165) is 16.0 Å². The van der Waals surface area contributed by atoms with Gasteiger partial charge in [-0.3, -0.25) is 0 Å². The van der Waals surface area contributed by atoms with Crippen LogP contribution in [-0.2, 0) is 0 Å². The number of methoxy groups -OCH3 is 1. The third kappa shape index (κ3) is 2.37. The second-order valence-electron chi connectivity index (χ2n) is 6.60. The number of hydrogen-bond donors (Lipinski definition) is 1. The molecule has 3 nitrogen and oxygen atoms in total. The topological polar surface area (TPSA) is 29.9 Å². The summed E-state index contributed by atoms with van der Waals surface area (Å²) in [5.41, 5.74) is 2.67. The number of nitrogens with one attached hydrogen (secondary N) is 1. The number of hydrogen-bond acceptors (Lipinski definition) is 2. The molecular formula is C16H22N2OS. The summed E-state index contributed by atoms with van der Waals surface area (Å²) in [5, 5.41) is 0. The Morgan fingerprint density at radius 3 is 2.90 bits per heavy atom. The normalized spacial score (nSPS) is 22.1. The van der Waals surface area contributed by atoms with Gasteiger partial charge in [-0.1, -0.05) is 20.3 Å². The van der Waals surface area contributed by atoms with Gasteiger partial charge in [0.15, 0.2) is 4.77 Å². The molecule has 1 aliphatic rings. The third-order valence-electron chi connectivity index (χ3n) is 4.47. The van der Waals surface area contributed by atoms with E-state index in [0.29, 0.717) is 11.5 Å². The lowest BCUT2D eigenvalue weighted by Crippen LogP contribution is -2.25. The molecule has 0 spiro atoms. The summed E-state index contributed by atoms with van der Waals surface area (Å²) in [6, 6.07) is 6.65. The van der Waals surface area contributed by atoms with Gasteiger partial charge >= 0.3 is 0 Å². The summed E-state index contributed by atoms with van der Waals surface area (Å²) in [7, 11) is 1.69. The summed E-state index contributed by atoms with van der Waals surface area (Å²) >= 11 is 5.55. The fraction of sp³-hybridized carbons (Fsp3) is 0.562. The van der Waals surface area contributed by atoms with Crippen LogP contribution in [0.4, 0.5) is 0 Å². The van der Waals surface area contributed by atoms with Gasteiger partial charge in [-0.05, 0) is 49.0 Å². The first-order valence-electron chi connectivity index (χ1n) is 7.28. The molecule has 0 bridgehead atoms. The molecule has 1 N–H and O–H groups in total. The number of H-pyrrole nitrogens is 1. The van der Waals surface area contributed by atoms with Crippen LogP contribution in [0, 0.1) is 10.2 Å². The number of fused-ring (bicyclic) bond motifs is 1. The first-order chi connectivity index (χ1) is 9.50. The SMILES string of the molecule is COc1ccc2c(c1)[nH]c(=S)n2C1CCCC(C)(C)C1. The highest BCUT2D eigenvalue weighted by molar-refractivity contribution is 7.71. The molecule has 1 saturated carbocycles. The maximum Gasteiger partial charge on any atom is 0.178 e. The molecule has 1 heterocycles. The van der Waals surface area contributed by atoms with E-state index in [1.807, 2.05) is 12.1 Å². The number of rotatable bonds is 2. The van der Waals surface area contributed by atoms with E-state index in [4.69, 9.17) is 17.0 Å². The fourth-order valence-corrected chi connectivity index (χ4v) is 3.84. The van der Waals surface area contributed by atoms with Crippen LogP contribution in [-0.4, -0.2) is 16.7 Å². The zero-order valence-corrected chi connectivity index (χ0v) is 13.2. The summed E-state index contributed by atoms with van der Waals surface area (Å²) in [6.07, 6.45) is 5.01. The van der Waals surface area contributed by atoms with Crippen LogP contribution >= 0.6 is 12.2 Å². The molecule has 1 aromatic heterocycles. The van der Waals surface area contributed by atoms with Gasteiger partial charge in [0.25, 0.3) is 0 Å².